The van der Waals surface area contributed by atoms with Gasteiger partial charge in [0.05, 0.1) is 0 Å². The molecule has 1 N–H and O–H groups in total. The number of ketones is 2. The number of benzene rings is 2. The molecule has 2 aromatic rings. The molecule has 0 bridgehead atoms. The zero-order valence-corrected chi connectivity index (χ0v) is 10.9. The molecule has 0 aliphatic rings. The van der Waals surface area contributed by atoms with Crippen LogP contribution in [-0.2, 0) is 0 Å². The quantitative estimate of drug-likeness (QED) is 0.842. The van der Waals surface area contributed by atoms with E-state index in [-0.39, 0.29) is 11.6 Å². The third-order valence-electron chi connectivity index (χ3n) is 2.85. The van der Waals surface area contributed by atoms with Crippen molar-refractivity contribution in [3.63, 3.8) is 0 Å². The Hall–Kier alpha value is -2.42. The van der Waals surface area contributed by atoms with Crippen LogP contribution in [0.25, 0.3) is 0 Å². The molecular formula is C16H15NO2. The van der Waals surface area contributed by atoms with Gasteiger partial charge in [0.1, 0.15) is 0 Å². The van der Waals surface area contributed by atoms with E-state index in [1.165, 1.54) is 13.8 Å². The molecule has 0 unspecified atom stereocenters. The summed E-state index contributed by atoms with van der Waals surface area (Å²) in [4.78, 5) is 22.9. The number of para-hydroxylation sites is 1. The summed E-state index contributed by atoms with van der Waals surface area (Å²) in [6.07, 6.45) is 0. The molecule has 0 aliphatic heterocycles. The first-order valence-corrected chi connectivity index (χ1v) is 6.06. The maximum Gasteiger partial charge on any atom is 0.161 e. The number of Topliss-reactive ketones (excluding diaryl/α,β-unsaturated/α-hetero) is 2. The largest absolute Gasteiger partial charge is 0.355 e. The third kappa shape index (κ3) is 3.07. The minimum absolute atomic E-state index is 0.00539. The van der Waals surface area contributed by atoms with Crippen molar-refractivity contribution in [2.75, 3.05) is 5.32 Å². The number of hydrogen-bond donors (Lipinski definition) is 1. The van der Waals surface area contributed by atoms with Crippen LogP contribution in [0.1, 0.15) is 34.6 Å². The lowest BCUT2D eigenvalue weighted by Gasteiger charge is -2.10. The Morgan fingerprint density at radius 2 is 1.63 bits per heavy atom. The first kappa shape index (κ1) is 13.0. The van der Waals surface area contributed by atoms with E-state index in [4.69, 9.17) is 0 Å². The number of rotatable bonds is 4. The third-order valence-corrected chi connectivity index (χ3v) is 2.85. The lowest BCUT2D eigenvalue weighted by atomic mass is 10.1. The molecule has 3 heteroatoms. The number of hydrogen-bond acceptors (Lipinski definition) is 3. The molecule has 0 aromatic heterocycles. The fourth-order valence-electron chi connectivity index (χ4n) is 1.87. The van der Waals surface area contributed by atoms with E-state index in [2.05, 4.69) is 5.32 Å². The highest BCUT2D eigenvalue weighted by molar-refractivity contribution is 6.00. The molecule has 0 saturated heterocycles. The molecule has 0 aliphatic carbocycles. The molecule has 0 saturated carbocycles. The van der Waals surface area contributed by atoms with Gasteiger partial charge in [0.25, 0.3) is 0 Å². The molecule has 19 heavy (non-hydrogen) atoms. The van der Waals surface area contributed by atoms with Gasteiger partial charge in [0.2, 0.25) is 0 Å². The van der Waals surface area contributed by atoms with Gasteiger partial charge in [-0.15, -0.1) is 0 Å². The Morgan fingerprint density at radius 1 is 0.895 bits per heavy atom. The highest BCUT2D eigenvalue weighted by atomic mass is 16.1. The average molecular weight is 253 g/mol. The van der Waals surface area contributed by atoms with Gasteiger partial charge in [-0.3, -0.25) is 9.59 Å². The van der Waals surface area contributed by atoms with E-state index in [0.717, 1.165) is 11.4 Å². The van der Waals surface area contributed by atoms with Crippen LogP contribution in [0.4, 0.5) is 11.4 Å². The second kappa shape index (κ2) is 5.48. The van der Waals surface area contributed by atoms with Crippen molar-refractivity contribution >= 4 is 22.9 Å². The lowest BCUT2D eigenvalue weighted by Crippen LogP contribution is -2.01. The number of anilines is 2. The second-order valence-corrected chi connectivity index (χ2v) is 4.36. The van der Waals surface area contributed by atoms with Gasteiger partial charge < -0.3 is 5.32 Å². The molecule has 2 aromatic carbocycles. The first-order chi connectivity index (χ1) is 9.08. The van der Waals surface area contributed by atoms with Gasteiger partial charge >= 0.3 is 0 Å². The van der Waals surface area contributed by atoms with Crippen LogP contribution in [0, 0.1) is 0 Å². The van der Waals surface area contributed by atoms with Crippen molar-refractivity contribution in [1.82, 2.24) is 0 Å². The van der Waals surface area contributed by atoms with Gasteiger partial charge in [-0.05, 0) is 38.1 Å². The normalized spacial score (nSPS) is 10.0. The highest BCUT2D eigenvalue weighted by Gasteiger charge is 2.07. The molecule has 0 atom stereocenters. The summed E-state index contributed by atoms with van der Waals surface area (Å²) in [7, 11) is 0. The molecule has 0 amide bonds. The number of carbonyl (C=O) groups is 2. The van der Waals surface area contributed by atoms with Crippen molar-refractivity contribution < 1.29 is 9.59 Å². The Morgan fingerprint density at radius 3 is 2.32 bits per heavy atom. The van der Waals surface area contributed by atoms with Crippen LogP contribution in [0.15, 0.2) is 48.5 Å². The summed E-state index contributed by atoms with van der Waals surface area (Å²) in [6, 6.07) is 14.5. The van der Waals surface area contributed by atoms with Gasteiger partial charge in [-0.1, -0.05) is 24.3 Å². The van der Waals surface area contributed by atoms with E-state index in [9.17, 15) is 9.59 Å². The fourth-order valence-corrected chi connectivity index (χ4v) is 1.87. The van der Waals surface area contributed by atoms with Crippen molar-refractivity contribution in [3.05, 3.63) is 59.7 Å². The van der Waals surface area contributed by atoms with Gasteiger partial charge in [-0.25, -0.2) is 0 Å². The van der Waals surface area contributed by atoms with Crippen LogP contribution in [0.3, 0.4) is 0 Å². The van der Waals surface area contributed by atoms with Gasteiger partial charge in [0, 0.05) is 22.5 Å². The van der Waals surface area contributed by atoms with Crippen LogP contribution < -0.4 is 5.32 Å². The SMILES string of the molecule is CC(=O)c1cccc(Nc2ccccc2C(C)=O)c1. The first-order valence-electron chi connectivity index (χ1n) is 6.06. The summed E-state index contributed by atoms with van der Waals surface area (Å²) in [5.74, 6) is 0.0225. The molecule has 0 radical (unpaired) electrons. The zero-order valence-electron chi connectivity index (χ0n) is 10.9. The maximum atomic E-state index is 11.5. The van der Waals surface area contributed by atoms with E-state index >= 15 is 0 Å². The highest BCUT2D eigenvalue weighted by Crippen LogP contribution is 2.22. The Bertz CT molecular complexity index is 632. The van der Waals surface area contributed by atoms with E-state index in [1.54, 1.807) is 18.2 Å². The number of carbonyl (C=O) groups excluding carboxylic acids is 2. The van der Waals surface area contributed by atoms with E-state index in [0.29, 0.717) is 11.1 Å². The van der Waals surface area contributed by atoms with Crippen molar-refractivity contribution in [3.8, 4) is 0 Å². The molecule has 0 fully saturated rings. The van der Waals surface area contributed by atoms with Crippen LogP contribution >= 0.6 is 0 Å². The molecule has 96 valence electrons. The summed E-state index contributed by atoms with van der Waals surface area (Å²) in [5.41, 5.74) is 2.82. The minimum Gasteiger partial charge on any atom is -0.355 e. The minimum atomic E-state index is 0.00539. The van der Waals surface area contributed by atoms with Crippen molar-refractivity contribution in [2.45, 2.75) is 13.8 Å². The van der Waals surface area contributed by atoms with Crippen molar-refractivity contribution in [1.29, 1.82) is 0 Å². The molecule has 0 heterocycles. The average Bonchev–Trinajstić information content (AvgIpc) is 2.39. The smallest absolute Gasteiger partial charge is 0.161 e. The summed E-state index contributed by atoms with van der Waals surface area (Å²) in [5, 5.41) is 3.18. The topological polar surface area (TPSA) is 46.2 Å². The monoisotopic (exact) mass is 253 g/mol. The predicted molar refractivity (Wildman–Crippen MR) is 76.2 cm³/mol. The van der Waals surface area contributed by atoms with Crippen LogP contribution in [0.2, 0.25) is 0 Å². The Balaban J connectivity index is 2.34. The molecular weight excluding hydrogens is 238 g/mol. The summed E-state index contributed by atoms with van der Waals surface area (Å²) >= 11 is 0. The molecule has 3 nitrogen and oxygen atoms in total. The van der Waals surface area contributed by atoms with Crippen LogP contribution in [0.5, 0.6) is 0 Å². The maximum absolute atomic E-state index is 11.5. The standard InChI is InChI=1S/C16H15NO2/c1-11(18)13-6-5-7-14(10-13)17-16-9-4-3-8-15(16)12(2)19/h3-10,17H,1-2H3. The van der Waals surface area contributed by atoms with Crippen molar-refractivity contribution in [2.24, 2.45) is 0 Å². The van der Waals surface area contributed by atoms with E-state index < -0.39 is 0 Å². The summed E-state index contributed by atoms with van der Waals surface area (Å²) in [6.45, 7) is 3.06. The molecule has 2 rings (SSSR count). The second-order valence-electron chi connectivity index (χ2n) is 4.36. The van der Waals surface area contributed by atoms with E-state index in [1.807, 2.05) is 30.3 Å². The summed E-state index contributed by atoms with van der Waals surface area (Å²) < 4.78 is 0. The predicted octanol–water partition coefficient (Wildman–Crippen LogP) is 3.84. The number of nitrogens with one attached hydrogen (secondary N) is 1. The molecule has 0 spiro atoms. The fraction of sp³-hybridized carbons (Fsp3) is 0.125. The van der Waals surface area contributed by atoms with Crippen LogP contribution in [-0.4, -0.2) is 11.6 Å². The Kier molecular flexibility index (Phi) is 3.76. The zero-order chi connectivity index (χ0) is 13.8. The lowest BCUT2D eigenvalue weighted by molar-refractivity contribution is 0.100. The van der Waals surface area contributed by atoms with Gasteiger partial charge in [0.15, 0.2) is 11.6 Å². The van der Waals surface area contributed by atoms with Gasteiger partial charge in [-0.2, -0.15) is 0 Å². The Labute approximate surface area is 112 Å².